The average Bonchev–Trinajstić information content (AvgIpc) is 2.45. The predicted octanol–water partition coefficient (Wildman–Crippen LogP) is 5.57. The first-order valence-corrected chi connectivity index (χ1v) is 8.47. The summed E-state index contributed by atoms with van der Waals surface area (Å²) in [5, 5.41) is 0. The third-order valence-electron chi connectivity index (χ3n) is 4.04. The lowest BCUT2D eigenvalue weighted by atomic mass is 9.98. The van der Waals surface area contributed by atoms with Crippen LogP contribution in [0.3, 0.4) is 0 Å². The lowest BCUT2D eigenvalue weighted by molar-refractivity contribution is 0.0470. The molecule has 0 saturated carbocycles. The number of carbonyl (C=O) groups excluding carboxylic acids is 1. The second-order valence-electron chi connectivity index (χ2n) is 5.65. The van der Waals surface area contributed by atoms with Crippen molar-refractivity contribution in [2.75, 3.05) is 13.2 Å². The van der Waals surface area contributed by atoms with Gasteiger partial charge in [0.05, 0.1) is 13.2 Å². The Morgan fingerprint density at radius 1 is 0.750 bits per heavy atom. The van der Waals surface area contributed by atoms with Crippen molar-refractivity contribution in [3.8, 4) is 0 Å². The molecule has 0 N–H and O–H groups in total. The molecule has 0 spiro atoms. The minimum absolute atomic E-state index is 0.490. The van der Waals surface area contributed by atoms with Gasteiger partial charge in [0.1, 0.15) is 0 Å². The number of rotatable bonds is 12. The van der Waals surface area contributed by atoms with Crippen LogP contribution in [0.25, 0.3) is 0 Å². The van der Waals surface area contributed by atoms with Gasteiger partial charge in [0.25, 0.3) is 0 Å². The van der Waals surface area contributed by atoms with Crippen molar-refractivity contribution < 1.29 is 14.3 Å². The topological polar surface area (TPSA) is 35.5 Å². The van der Waals surface area contributed by atoms with E-state index in [-0.39, 0.29) is 0 Å². The molecule has 0 rings (SSSR count). The number of hydrogen-bond donors (Lipinski definition) is 0. The van der Waals surface area contributed by atoms with E-state index < -0.39 is 6.16 Å². The summed E-state index contributed by atoms with van der Waals surface area (Å²) in [7, 11) is 0. The van der Waals surface area contributed by atoms with Crippen LogP contribution in [0.1, 0.15) is 79.1 Å². The molecular weight excluding hydrogens is 252 g/mol. The summed E-state index contributed by atoms with van der Waals surface area (Å²) in [6, 6.07) is 0. The van der Waals surface area contributed by atoms with Crippen molar-refractivity contribution in [2.45, 2.75) is 79.1 Å². The second-order valence-corrected chi connectivity index (χ2v) is 5.65. The summed E-state index contributed by atoms with van der Waals surface area (Å²) < 4.78 is 10.3. The fraction of sp³-hybridized carbons (Fsp3) is 0.941. The zero-order valence-electron chi connectivity index (χ0n) is 14.0. The summed E-state index contributed by atoms with van der Waals surface area (Å²) in [6.45, 7) is 9.75. The molecule has 3 nitrogen and oxygen atoms in total. The maximum Gasteiger partial charge on any atom is 0.508 e. The van der Waals surface area contributed by atoms with Gasteiger partial charge in [-0.3, -0.25) is 0 Å². The van der Waals surface area contributed by atoms with Crippen LogP contribution < -0.4 is 0 Å². The predicted molar refractivity (Wildman–Crippen MR) is 83.9 cm³/mol. The Hall–Kier alpha value is -0.730. The van der Waals surface area contributed by atoms with Gasteiger partial charge in [0.15, 0.2) is 0 Å². The highest BCUT2D eigenvalue weighted by molar-refractivity contribution is 5.59. The van der Waals surface area contributed by atoms with Crippen LogP contribution in [-0.4, -0.2) is 19.4 Å². The SMILES string of the molecule is CCCC(CC)CCOC(=O)OCCC(CC)CCC. The van der Waals surface area contributed by atoms with E-state index in [1.54, 1.807) is 0 Å². The highest BCUT2D eigenvalue weighted by Crippen LogP contribution is 2.16. The second kappa shape index (κ2) is 13.3. The quantitative estimate of drug-likeness (QED) is 0.440. The van der Waals surface area contributed by atoms with Gasteiger partial charge in [-0.1, -0.05) is 66.2 Å². The van der Waals surface area contributed by atoms with Gasteiger partial charge in [-0.15, -0.1) is 0 Å². The van der Waals surface area contributed by atoms with Crippen molar-refractivity contribution in [3.05, 3.63) is 0 Å². The minimum atomic E-state index is -0.497. The van der Waals surface area contributed by atoms with Crippen LogP contribution in [-0.2, 0) is 9.47 Å². The van der Waals surface area contributed by atoms with Gasteiger partial charge in [0.2, 0.25) is 0 Å². The van der Waals surface area contributed by atoms with E-state index in [0.717, 1.165) is 25.7 Å². The first-order valence-electron chi connectivity index (χ1n) is 8.47. The van der Waals surface area contributed by atoms with E-state index in [9.17, 15) is 4.79 Å². The first-order chi connectivity index (χ1) is 9.67. The summed E-state index contributed by atoms with van der Waals surface area (Å²) in [5.74, 6) is 1.34. The third kappa shape index (κ3) is 10.1. The maximum atomic E-state index is 11.5. The fourth-order valence-electron chi connectivity index (χ4n) is 2.58. The van der Waals surface area contributed by atoms with Crippen molar-refractivity contribution in [3.63, 3.8) is 0 Å². The van der Waals surface area contributed by atoms with E-state index in [0.29, 0.717) is 25.0 Å². The van der Waals surface area contributed by atoms with Gasteiger partial charge in [0, 0.05) is 0 Å². The highest BCUT2D eigenvalue weighted by atomic mass is 16.7. The van der Waals surface area contributed by atoms with Gasteiger partial charge in [-0.2, -0.15) is 0 Å². The summed E-state index contributed by atoms with van der Waals surface area (Å²) >= 11 is 0. The van der Waals surface area contributed by atoms with E-state index in [1.165, 1.54) is 25.7 Å². The Labute approximate surface area is 125 Å². The van der Waals surface area contributed by atoms with Gasteiger partial charge < -0.3 is 9.47 Å². The molecule has 0 aliphatic heterocycles. The summed E-state index contributed by atoms with van der Waals surface area (Å²) in [5.41, 5.74) is 0. The molecule has 0 saturated heterocycles. The normalized spacial score (nSPS) is 13.8. The highest BCUT2D eigenvalue weighted by Gasteiger charge is 2.10. The molecule has 0 aliphatic carbocycles. The van der Waals surface area contributed by atoms with Gasteiger partial charge in [-0.25, -0.2) is 4.79 Å². The average molecular weight is 286 g/mol. The number of ether oxygens (including phenoxy) is 2. The molecule has 2 atom stereocenters. The van der Waals surface area contributed by atoms with Crippen LogP contribution in [0.15, 0.2) is 0 Å². The summed E-state index contributed by atoms with van der Waals surface area (Å²) in [4.78, 5) is 11.5. The van der Waals surface area contributed by atoms with E-state index >= 15 is 0 Å². The van der Waals surface area contributed by atoms with Crippen molar-refractivity contribution in [2.24, 2.45) is 11.8 Å². The molecule has 3 heteroatoms. The summed E-state index contributed by atoms with van der Waals surface area (Å²) in [6.07, 6.45) is 8.52. The monoisotopic (exact) mass is 286 g/mol. The molecule has 0 heterocycles. The van der Waals surface area contributed by atoms with E-state index in [4.69, 9.17) is 9.47 Å². The Balaban J connectivity index is 3.63. The van der Waals surface area contributed by atoms with E-state index in [1.807, 2.05) is 0 Å². The smallest absolute Gasteiger partial charge is 0.434 e. The number of hydrogen-bond acceptors (Lipinski definition) is 3. The fourth-order valence-corrected chi connectivity index (χ4v) is 2.58. The molecule has 0 aliphatic rings. The van der Waals surface area contributed by atoms with Gasteiger partial charge >= 0.3 is 6.16 Å². The molecule has 0 bridgehead atoms. The molecule has 0 radical (unpaired) electrons. The standard InChI is InChI=1S/C17H34O3/c1-5-9-15(7-3)11-13-19-17(18)20-14-12-16(8-4)10-6-2/h15-16H,5-14H2,1-4H3. The van der Waals surface area contributed by atoms with Crippen LogP contribution in [0.4, 0.5) is 4.79 Å². The molecule has 0 aromatic heterocycles. The largest absolute Gasteiger partial charge is 0.508 e. The van der Waals surface area contributed by atoms with Crippen LogP contribution in [0, 0.1) is 11.8 Å². The Bertz CT molecular complexity index is 206. The molecule has 0 amide bonds. The maximum absolute atomic E-state index is 11.5. The van der Waals surface area contributed by atoms with Crippen molar-refractivity contribution in [1.82, 2.24) is 0 Å². The van der Waals surface area contributed by atoms with Crippen molar-refractivity contribution >= 4 is 6.16 Å². The van der Waals surface area contributed by atoms with Crippen LogP contribution in [0.5, 0.6) is 0 Å². The third-order valence-corrected chi connectivity index (χ3v) is 4.04. The molecule has 2 unspecified atom stereocenters. The molecule has 0 aromatic carbocycles. The molecule has 120 valence electrons. The Morgan fingerprint density at radius 2 is 1.15 bits per heavy atom. The zero-order chi connectivity index (χ0) is 15.2. The minimum Gasteiger partial charge on any atom is -0.434 e. The zero-order valence-corrected chi connectivity index (χ0v) is 14.0. The van der Waals surface area contributed by atoms with Crippen molar-refractivity contribution in [1.29, 1.82) is 0 Å². The first kappa shape index (κ1) is 19.3. The molecule has 0 aromatic rings. The number of carbonyl (C=O) groups is 1. The lowest BCUT2D eigenvalue weighted by Gasteiger charge is -2.15. The van der Waals surface area contributed by atoms with Crippen LogP contribution in [0.2, 0.25) is 0 Å². The molecule has 20 heavy (non-hydrogen) atoms. The molecule has 0 fully saturated rings. The van der Waals surface area contributed by atoms with E-state index in [2.05, 4.69) is 27.7 Å². The van der Waals surface area contributed by atoms with Gasteiger partial charge in [-0.05, 0) is 24.7 Å². The molecular formula is C17H34O3. The lowest BCUT2D eigenvalue weighted by Crippen LogP contribution is -2.13. The Morgan fingerprint density at radius 3 is 1.45 bits per heavy atom. The Kier molecular flexibility index (Phi) is 12.8. The van der Waals surface area contributed by atoms with Crippen LogP contribution >= 0.6 is 0 Å².